The molecule has 0 aromatic heterocycles. The number of hydrogen-bond donors (Lipinski definition) is 0. The third kappa shape index (κ3) is 8.00. The SMILES string of the molecule is CCCC[C]CCCC. The zero-order valence-corrected chi connectivity index (χ0v) is 6.74. The quantitative estimate of drug-likeness (QED) is 0.478. The van der Waals surface area contributed by atoms with Gasteiger partial charge in [-0.2, -0.15) is 0 Å². The lowest BCUT2D eigenvalue weighted by molar-refractivity contribution is 0.707. The first-order chi connectivity index (χ1) is 4.41. The molecule has 9 heavy (non-hydrogen) atoms. The highest BCUT2D eigenvalue weighted by atomic mass is 13.9. The van der Waals surface area contributed by atoms with Crippen molar-refractivity contribution in [3.63, 3.8) is 0 Å². The van der Waals surface area contributed by atoms with Gasteiger partial charge in [0.05, 0.1) is 0 Å². The molecule has 0 saturated carbocycles. The summed E-state index contributed by atoms with van der Waals surface area (Å²) in [5, 5.41) is 0. The molecule has 0 nitrogen and oxygen atoms in total. The topological polar surface area (TPSA) is 0 Å². The van der Waals surface area contributed by atoms with Crippen LogP contribution in [0.25, 0.3) is 0 Å². The molecule has 0 heterocycles. The molecule has 0 aliphatic carbocycles. The van der Waals surface area contributed by atoms with Crippen LogP contribution in [0.4, 0.5) is 0 Å². The molecule has 0 saturated heterocycles. The monoisotopic (exact) mass is 126 g/mol. The van der Waals surface area contributed by atoms with Crippen molar-refractivity contribution >= 4 is 0 Å². The number of rotatable bonds is 6. The summed E-state index contributed by atoms with van der Waals surface area (Å²) in [6.45, 7) is 4.45. The summed E-state index contributed by atoms with van der Waals surface area (Å²) in [6, 6.07) is 0. The van der Waals surface area contributed by atoms with Crippen LogP contribution >= 0.6 is 0 Å². The Hall–Kier alpha value is 0. The first-order valence-corrected chi connectivity index (χ1v) is 4.12. The molecule has 0 aromatic carbocycles. The lowest BCUT2D eigenvalue weighted by Crippen LogP contribution is -1.77. The highest BCUT2D eigenvalue weighted by molar-refractivity contribution is 4.62. The van der Waals surface area contributed by atoms with Crippen LogP contribution in [0.2, 0.25) is 0 Å². The maximum absolute atomic E-state index is 3.39. The summed E-state index contributed by atoms with van der Waals surface area (Å²) >= 11 is 0. The van der Waals surface area contributed by atoms with Crippen molar-refractivity contribution in [3.05, 3.63) is 6.42 Å². The zero-order valence-electron chi connectivity index (χ0n) is 6.74. The van der Waals surface area contributed by atoms with Gasteiger partial charge in [0.15, 0.2) is 0 Å². The second kappa shape index (κ2) is 8.00. The van der Waals surface area contributed by atoms with Crippen molar-refractivity contribution < 1.29 is 0 Å². The fourth-order valence-electron chi connectivity index (χ4n) is 0.729. The van der Waals surface area contributed by atoms with Gasteiger partial charge in [-0.3, -0.25) is 0 Å². The van der Waals surface area contributed by atoms with Crippen molar-refractivity contribution in [2.45, 2.75) is 52.4 Å². The summed E-state index contributed by atoms with van der Waals surface area (Å²) in [4.78, 5) is 0. The summed E-state index contributed by atoms with van der Waals surface area (Å²) in [6.07, 6.45) is 11.1. The van der Waals surface area contributed by atoms with Crippen molar-refractivity contribution in [2.24, 2.45) is 0 Å². The predicted molar refractivity (Wildman–Crippen MR) is 42.3 cm³/mol. The average Bonchev–Trinajstić information content (AvgIpc) is 1.89. The Balaban J connectivity index is 2.60. The molecule has 0 fully saturated rings. The molecule has 0 bridgehead atoms. The molecule has 0 aliphatic rings. The Morgan fingerprint density at radius 1 is 0.889 bits per heavy atom. The zero-order chi connectivity index (χ0) is 6.95. The molecule has 0 aromatic rings. The van der Waals surface area contributed by atoms with Gasteiger partial charge in [0.2, 0.25) is 0 Å². The lowest BCUT2D eigenvalue weighted by atomic mass is 10.1. The summed E-state index contributed by atoms with van der Waals surface area (Å²) < 4.78 is 0. The van der Waals surface area contributed by atoms with E-state index in [1.807, 2.05) is 0 Å². The lowest BCUT2D eigenvalue weighted by Gasteiger charge is -1.95. The maximum atomic E-state index is 3.39. The third-order valence-electron chi connectivity index (χ3n) is 1.41. The Kier molecular flexibility index (Phi) is 8.00. The van der Waals surface area contributed by atoms with Crippen molar-refractivity contribution in [1.29, 1.82) is 0 Å². The summed E-state index contributed by atoms with van der Waals surface area (Å²) in [7, 11) is 0. The van der Waals surface area contributed by atoms with E-state index in [9.17, 15) is 0 Å². The minimum atomic E-state index is 1.20. The molecule has 2 radical (unpaired) electrons. The number of hydrogen-bond acceptors (Lipinski definition) is 0. The first-order valence-electron chi connectivity index (χ1n) is 4.12. The van der Waals surface area contributed by atoms with Crippen LogP contribution in [0.15, 0.2) is 0 Å². The van der Waals surface area contributed by atoms with Gasteiger partial charge in [0.1, 0.15) is 0 Å². The Morgan fingerprint density at radius 2 is 1.33 bits per heavy atom. The van der Waals surface area contributed by atoms with E-state index in [0.717, 1.165) is 0 Å². The second-order valence-electron chi connectivity index (χ2n) is 2.46. The largest absolute Gasteiger partial charge is 0.0654 e. The van der Waals surface area contributed by atoms with Gasteiger partial charge in [-0.1, -0.05) is 39.5 Å². The normalized spacial score (nSPS) is 10.0. The molecular formula is C9H18. The van der Waals surface area contributed by atoms with E-state index >= 15 is 0 Å². The van der Waals surface area contributed by atoms with E-state index < -0.39 is 0 Å². The Labute approximate surface area is 59.7 Å². The molecule has 0 N–H and O–H groups in total. The van der Waals surface area contributed by atoms with Crippen LogP contribution in [0.3, 0.4) is 0 Å². The van der Waals surface area contributed by atoms with Gasteiger partial charge >= 0.3 is 0 Å². The molecule has 0 heteroatoms. The van der Waals surface area contributed by atoms with Gasteiger partial charge < -0.3 is 0 Å². The molecule has 0 unspecified atom stereocenters. The van der Waals surface area contributed by atoms with E-state index in [1.54, 1.807) is 0 Å². The van der Waals surface area contributed by atoms with Gasteiger partial charge in [-0.25, -0.2) is 0 Å². The van der Waals surface area contributed by atoms with Crippen LogP contribution in [0, 0.1) is 6.42 Å². The van der Waals surface area contributed by atoms with Crippen molar-refractivity contribution in [3.8, 4) is 0 Å². The van der Waals surface area contributed by atoms with Crippen LogP contribution in [-0.2, 0) is 0 Å². The van der Waals surface area contributed by atoms with Gasteiger partial charge in [0.25, 0.3) is 0 Å². The Bertz CT molecular complexity index is 33.3. The van der Waals surface area contributed by atoms with E-state index in [1.165, 1.54) is 38.5 Å². The van der Waals surface area contributed by atoms with Crippen LogP contribution in [0.5, 0.6) is 0 Å². The molecule has 0 atom stereocenters. The van der Waals surface area contributed by atoms with Crippen molar-refractivity contribution in [2.75, 3.05) is 0 Å². The van der Waals surface area contributed by atoms with E-state index in [2.05, 4.69) is 20.3 Å². The molecular weight excluding hydrogens is 108 g/mol. The minimum Gasteiger partial charge on any atom is -0.0654 e. The fourth-order valence-corrected chi connectivity index (χ4v) is 0.729. The molecule has 54 valence electrons. The fraction of sp³-hybridized carbons (Fsp3) is 0.889. The highest BCUT2D eigenvalue weighted by Crippen LogP contribution is 2.04. The third-order valence-corrected chi connectivity index (χ3v) is 1.41. The average molecular weight is 126 g/mol. The highest BCUT2D eigenvalue weighted by Gasteiger charge is 1.86. The van der Waals surface area contributed by atoms with Crippen LogP contribution in [-0.4, -0.2) is 0 Å². The maximum Gasteiger partial charge on any atom is -0.0173 e. The summed E-state index contributed by atoms with van der Waals surface area (Å²) in [5.74, 6) is 0. The van der Waals surface area contributed by atoms with Crippen molar-refractivity contribution in [1.82, 2.24) is 0 Å². The van der Waals surface area contributed by atoms with E-state index in [0.29, 0.717) is 0 Å². The van der Waals surface area contributed by atoms with Crippen LogP contribution < -0.4 is 0 Å². The van der Waals surface area contributed by atoms with Gasteiger partial charge in [-0.15, -0.1) is 0 Å². The van der Waals surface area contributed by atoms with Crippen LogP contribution in [0.1, 0.15) is 52.4 Å². The minimum absolute atomic E-state index is 1.20. The van der Waals surface area contributed by atoms with E-state index in [4.69, 9.17) is 0 Å². The van der Waals surface area contributed by atoms with Gasteiger partial charge in [-0.05, 0) is 19.3 Å². The molecule has 0 rings (SSSR count). The second-order valence-corrected chi connectivity index (χ2v) is 2.46. The standard InChI is InChI=1S/C9H18/c1-3-5-7-9-8-6-4-2/h3-8H2,1-2H3. The predicted octanol–water partition coefficient (Wildman–Crippen LogP) is 3.45. The molecule has 0 amide bonds. The summed E-state index contributed by atoms with van der Waals surface area (Å²) in [5.41, 5.74) is 0. The molecule has 0 aliphatic heterocycles. The smallest absolute Gasteiger partial charge is 0.0173 e. The first kappa shape index (κ1) is 9.00. The van der Waals surface area contributed by atoms with Gasteiger partial charge in [0, 0.05) is 0 Å². The van der Waals surface area contributed by atoms with E-state index in [-0.39, 0.29) is 0 Å². The Morgan fingerprint density at radius 3 is 1.67 bits per heavy atom. The number of unbranched alkanes of at least 4 members (excludes halogenated alkanes) is 6. The molecule has 0 spiro atoms.